The van der Waals surface area contributed by atoms with Crippen LogP contribution in [0.3, 0.4) is 0 Å². The van der Waals surface area contributed by atoms with Crippen LogP contribution in [-0.2, 0) is 4.79 Å². The average Bonchev–Trinajstić information content (AvgIpc) is 2.27. The van der Waals surface area contributed by atoms with E-state index in [4.69, 9.17) is 21.0 Å². The van der Waals surface area contributed by atoms with Gasteiger partial charge in [-0.05, 0) is 5.41 Å². The summed E-state index contributed by atoms with van der Waals surface area (Å²) in [5.41, 5.74) is -1.79. The van der Waals surface area contributed by atoms with Crippen LogP contribution in [0.1, 0.15) is 20.8 Å². The van der Waals surface area contributed by atoms with Crippen molar-refractivity contribution in [1.29, 1.82) is 21.0 Å². The minimum Gasteiger partial charge on any atom is -0.370 e. The first-order valence-electron chi connectivity index (χ1n) is 4.60. The number of Topliss-reactive ketones (excluding diaryl/α,β-unsaturated/α-hetero) is 1. The van der Waals surface area contributed by atoms with E-state index in [2.05, 4.69) is 0 Å². The molecule has 0 fully saturated rings. The van der Waals surface area contributed by atoms with Gasteiger partial charge in [-0.25, -0.2) is 21.0 Å². The molecule has 0 heterocycles. The zero-order valence-electron chi connectivity index (χ0n) is 10.7. The number of carbonyl (C=O) groups excluding carboxylic acids is 1. The average molecular weight is 264 g/mol. The molecule has 18 heavy (non-hydrogen) atoms. The van der Waals surface area contributed by atoms with Crippen molar-refractivity contribution in [2.45, 2.75) is 20.8 Å². The van der Waals surface area contributed by atoms with Gasteiger partial charge in [0.05, 0.1) is 5.78 Å². The maximum Gasteiger partial charge on any atom is 1.00 e. The third kappa shape index (κ3) is 4.63. The predicted molar refractivity (Wildman–Crippen MR) is 57.2 cm³/mol. The molecule has 0 aliphatic heterocycles. The number of nitrogens with zero attached hydrogens (tertiary/aromatic N) is 4. The minimum atomic E-state index is -0.882. The second kappa shape index (κ2) is 8.06. The summed E-state index contributed by atoms with van der Waals surface area (Å²) < 4.78 is 0. The second-order valence-electron chi connectivity index (χ2n) is 4.15. The molecule has 0 radical (unpaired) electrons. The Bertz CT molecular complexity index is 499. The predicted octanol–water partition coefficient (Wildman–Crippen LogP) is -1.43. The first-order valence-corrected chi connectivity index (χ1v) is 4.60. The van der Waals surface area contributed by atoms with Crippen LogP contribution >= 0.6 is 0 Å². The van der Waals surface area contributed by atoms with Crippen LogP contribution in [0, 0.1) is 56.7 Å². The summed E-state index contributed by atoms with van der Waals surface area (Å²) in [7, 11) is 0. The molecule has 0 aromatic heterocycles. The number of ketones is 1. The topological polar surface area (TPSA) is 112 Å². The quantitative estimate of drug-likeness (QED) is 0.263. The van der Waals surface area contributed by atoms with Gasteiger partial charge in [0.25, 0.3) is 0 Å². The largest absolute Gasteiger partial charge is 1.00 e. The van der Waals surface area contributed by atoms with E-state index in [1.165, 1.54) is 24.3 Å². The van der Waals surface area contributed by atoms with E-state index in [9.17, 15) is 4.79 Å². The van der Waals surface area contributed by atoms with Crippen LogP contribution in [0.25, 0.3) is 0 Å². The Balaban J connectivity index is 0. The summed E-state index contributed by atoms with van der Waals surface area (Å²) in [4.78, 5) is 12.0. The SMILES string of the molecule is CC(C)(C)C(=O)C(=C(C#N)C#N)[C-](C#N)C#N.[K+]. The van der Waals surface area contributed by atoms with Crippen molar-refractivity contribution in [2.24, 2.45) is 5.41 Å². The Kier molecular flexibility index (Phi) is 8.61. The van der Waals surface area contributed by atoms with Crippen molar-refractivity contribution < 1.29 is 56.2 Å². The van der Waals surface area contributed by atoms with Gasteiger partial charge in [0.2, 0.25) is 0 Å². The fourth-order valence-electron chi connectivity index (χ4n) is 1.00. The molecule has 0 amide bonds. The van der Waals surface area contributed by atoms with Crippen LogP contribution < -0.4 is 51.4 Å². The maximum atomic E-state index is 12.0. The minimum absolute atomic E-state index is 0. The van der Waals surface area contributed by atoms with Crippen molar-refractivity contribution in [3.63, 3.8) is 0 Å². The molecular formula is C12H9KN4O. The summed E-state index contributed by atoms with van der Waals surface area (Å²) in [6.45, 7) is 4.73. The van der Waals surface area contributed by atoms with Gasteiger partial charge in [-0.15, -0.1) is 0 Å². The second-order valence-corrected chi connectivity index (χ2v) is 4.15. The fourth-order valence-corrected chi connectivity index (χ4v) is 1.00. The van der Waals surface area contributed by atoms with Crippen molar-refractivity contribution in [3.8, 4) is 24.3 Å². The summed E-state index contributed by atoms with van der Waals surface area (Å²) in [6.07, 6.45) is 0. The van der Waals surface area contributed by atoms with Gasteiger partial charge >= 0.3 is 51.4 Å². The molecule has 0 bridgehead atoms. The van der Waals surface area contributed by atoms with E-state index in [1.807, 2.05) is 0 Å². The molecule has 0 saturated heterocycles. The fraction of sp³-hybridized carbons (Fsp3) is 0.333. The molecule has 0 saturated carbocycles. The number of carbonyl (C=O) groups is 1. The summed E-state index contributed by atoms with van der Waals surface area (Å²) >= 11 is 0. The number of nitriles is 4. The Morgan fingerprint density at radius 1 is 1.00 bits per heavy atom. The number of hydrogen-bond acceptors (Lipinski definition) is 5. The van der Waals surface area contributed by atoms with Gasteiger partial charge in [-0.3, -0.25) is 0 Å². The monoisotopic (exact) mass is 264 g/mol. The normalized spacial score (nSPS) is 8.39. The standard InChI is InChI=1S/C12H9N4O.K/c1-12(2,3)11(17)10(8(4-13)5-14)9(6-15)7-16;/h1-3H3;/q-1;+1. The molecule has 0 spiro atoms. The van der Waals surface area contributed by atoms with Crippen LogP contribution in [0.4, 0.5) is 0 Å². The Morgan fingerprint density at radius 3 is 1.61 bits per heavy atom. The van der Waals surface area contributed by atoms with E-state index in [1.54, 1.807) is 20.8 Å². The van der Waals surface area contributed by atoms with Crippen LogP contribution in [0.2, 0.25) is 0 Å². The number of allylic oxidation sites excluding steroid dienone is 2. The van der Waals surface area contributed by atoms with E-state index in [0.717, 1.165) is 0 Å². The molecule has 84 valence electrons. The van der Waals surface area contributed by atoms with Gasteiger partial charge in [0, 0.05) is 35.8 Å². The summed E-state index contributed by atoms with van der Waals surface area (Å²) in [5, 5.41) is 34.9. The van der Waals surface area contributed by atoms with Gasteiger partial charge < -0.3 is 4.79 Å². The first kappa shape index (κ1) is 19.2. The van der Waals surface area contributed by atoms with Crippen LogP contribution in [-0.4, -0.2) is 5.78 Å². The van der Waals surface area contributed by atoms with Crippen molar-refractivity contribution >= 4 is 5.78 Å². The third-order valence-corrected chi connectivity index (χ3v) is 1.86. The molecule has 6 heteroatoms. The Hall–Kier alpha value is -1.12. The Morgan fingerprint density at radius 2 is 1.39 bits per heavy atom. The van der Waals surface area contributed by atoms with E-state index < -0.39 is 28.3 Å². The van der Waals surface area contributed by atoms with Gasteiger partial charge in [0.1, 0.15) is 0 Å². The zero-order chi connectivity index (χ0) is 13.6. The molecule has 0 atom stereocenters. The smallest absolute Gasteiger partial charge is 0.370 e. The molecule has 0 aromatic rings. The molecule has 5 nitrogen and oxygen atoms in total. The van der Waals surface area contributed by atoms with Crippen molar-refractivity contribution in [2.75, 3.05) is 0 Å². The number of hydrogen-bond donors (Lipinski definition) is 0. The van der Waals surface area contributed by atoms with E-state index in [0.29, 0.717) is 0 Å². The molecular weight excluding hydrogens is 255 g/mol. The molecule has 0 N–H and O–H groups in total. The van der Waals surface area contributed by atoms with Gasteiger partial charge in [-0.1, -0.05) is 26.3 Å². The van der Waals surface area contributed by atoms with Crippen LogP contribution in [0.15, 0.2) is 11.1 Å². The summed E-state index contributed by atoms with van der Waals surface area (Å²) in [6, 6.07) is 6.11. The number of rotatable bonds is 2. The molecule has 0 unspecified atom stereocenters. The Labute approximate surface area is 149 Å². The van der Waals surface area contributed by atoms with E-state index >= 15 is 0 Å². The molecule has 0 aromatic carbocycles. The maximum absolute atomic E-state index is 12.0. The van der Waals surface area contributed by atoms with Crippen LogP contribution in [0.5, 0.6) is 0 Å². The first-order chi connectivity index (χ1) is 7.83. The van der Waals surface area contributed by atoms with Crippen molar-refractivity contribution in [1.82, 2.24) is 0 Å². The zero-order valence-corrected chi connectivity index (χ0v) is 13.8. The molecule has 0 rings (SSSR count). The van der Waals surface area contributed by atoms with Gasteiger partial charge in [0.15, 0.2) is 0 Å². The third-order valence-electron chi connectivity index (χ3n) is 1.86. The van der Waals surface area contributed by atoms with Gasteiger partial charge in [-0.2, -0.15) is 0 Å². The van der Waals surface area contributed by atoms with E-state index in [-0.39, 0.29) is 51.4 Å². The molecule has 0 aliphatic carbocycles. The molecule has 0 aliphatic rings. The summed E-state index contributed by atoms with van der Waals surface area (Å²) in [5.74, 6) is -1.09. The van der Waals surface area contributed by atoms with Crippen molar-refractivity contribution in [3.05, 3.63) is 17.1 Å².